The summed E-state index contributed by atoms with van der Waals surface area (Å²) in [5, 5.41) is 13.6. The molecule has 0 aliphatic carbocycles. The Morgan fingerprint density at radius 2 is 2.05 bits per heavy atom. The molecule has 6 heteroatoms. The average molecular weight is 256 g/mol. The van der Waals surface area contributed by atoms with Gasteiger partial charge in [-0.15, -0.1) is 0 Å². The smallest absolute Gasteiger partial charge is 0.252 e. The van der Waals surface area contributed by atoms with E-state index in [0.717, 1.165) is 31.4 Å². The Kier molecular flexibility index (Phi) is 4.08. The largest absolute Gasteiger partial charge is 0.382 e. The number of aryl methyl sites for hydroxylation is 1. The van der Waals surface area contributed by atoms with Crippen molar-refractivity contribution in [2.45, 2.75) is 32.6 Å². The van der Waals surface area contributed by atoms with Gasteiger partial charge in [-0.2, -0.15) is 15.0 Å². The molecule has 0 radical (unpaired) electrons. The van der Waals surface area contributed by atoms with Crippen molar-refractivity contribution in [3.05, 3.63) is 29.7 Å². The lowest BCUT2D eigenvalue weighted by atomic mass is 10.1. The number of nitriles is 1. The van der Waals surface area contributed by atoms with Crippen molar-refractivity contribution in [3.63, 3.8) is 0 Å². The van der Waals surface area contributed by atoms with Crippen LogP contribution in [0, 0.1) is 11.3 Å². The van der Waals surface area contributed by atoms with Gasteiger partial charge < -0.3 is 5.73 Å². The minimum atomic E-state index is 0.306. The summed E-state index contributed by atoms with van der Waals surface area (Å²) < 4.78 is 1.43. The molecule has 98 valence electrons. The van der Waals surface area contributed by atoms with E-state index in [0.29, 0.717) is 17.3 Å². The Morgan fingerprint density at radius 1 is 1.32 bits per heavy atom. The number of aromatic nitrogens is 4. The molecule has 0 fully saturated rings. The number of hydrogen-bond acceptors (Lipinski definition) is 5. The normalized spacial score (nSPS) is 10.3. The molecule has 2 aromatic heterocycles. The predicted octanol–water partition coefficient (Wildman–Crippen LogP) is 1.85. The third kappa shape index (κ3) is 2.71. The molecule has 19 heavy (non-hydrogen) atoms. The van der Waals surface area contributed by atoms with E-state index in [4.69, 9.17) is 5.73 Å². The van der Waals surface area contributed by atoms with Crippen LogP contribution in [0.2, 0.25) is 0 Å². The van der Waals surface area contributed by atoms with Crippen LogP contribution in [0.5, 0.6) is 0 Å². The van der Waals surface area contributed by atoms with E-state index >= 15 is 0 Å². The summed E-state index contributed by atoms with van der Waals surface area (Å²) in [7, 11) is 0. The van der Waals surface area contributed by atoms with Crippen molar-refractivity contribution in [1.82, 2.24) is 19.7 Å². The highest BCUT2D eigenvalue weighted by Crippen LogP contribution is 2.20. The summed E-state index contributed by atoms with van der Waals surface area (Å²) in [6.07, 6.45) is 7.22. The van der Waals surface area contributed by atoms with Gasteiger partial charge in [0.25, 0.3) is 5.95 Å². The second-order valence-corrected chi connectivity index (χ2v) is 4.24. The maximum Gasteiger partial charge on any atom is 0.252 e. The van der Waals surface area contributed by atoms with Crippen molar-refractivity contribution in [1.29, 1.82) is 5.26 Å². The molecule has 2 aromatic rings. The van der Waals surface area contributed by atoms with Gasteiger partial charge in [0, 0.05) is 12.4 Å². The van der Waals surface area contributed by atoms with Gasteiger partial charge >= 0.3 is 0 Å². The minimum Gasteiger partial charge on any atom is -0.382 e. The maximum atomic E-state index is 9.19. The van der Waals surface area contributed by atoms with Crippen LogP contribution < -0.4 is 5.73 Å². The lowest BCUT2D eigenvalue weighted by Gasteiger charge is -1.99. The lowest BCUT2D eigenvalue weighted by Crippen LogP contribution is -2.06. The van der Waals surface area contributed by atoms with Crippen LogP contribution >= 0.6 is 0 Å². The first-order valence-electron chi connectivity index (χ1n) is 6.32. The highest BCUT2D eigenvalue weighted by Gasteiger charge is 2.17. The van der Waals surface area contributed by atoms with Crippen LogP contribution in [0.25, 0.3) is 5.95 Å². The number of unbranched alkanes of at least 4 members (excludes halogenated alkanes) is 2. The molecule has 6 nitrogen and oxygen atoms in total. The summed E-state index contributed by atoms with van der Waals surface area (Å²) >= 11 is 0. The summed E-state index contributed by atoms with van der Waals surface area (Å²) in [5.74, 6) is 0.693. The van der Waals surface area contributed by atoms with Gasteiger partial charge in [0.15, 0.2) is 0 Å². The summed E-state index contributed by atoms with van der Waals surface area (Å²) in [5.41, 5.74) is 7.11. The number of hydrogen-bond donors (Lipinski definition) is 1. The highest BCUT2D eigenvalue weighted by atomic mass is 15.4. The SMILES string of the molecule is CCCCCc1nn(-c2ncccn2)c(N)c1C#N. The standard InChI is InChI=1S/C13H16N6/c1-2-3-4-6-11-10(9-14)12(15)19(18-11)13-16-7-5-8-17-13/h5,7-8H,2-4,6,15H2,1H3. The Balaban J connectivity index is 2.34. The van der Waals surface area contributed by atoms with E-state index in [-0.39, 0.29) is 0 Å². The molecule has 0 unspecified atom stereocenters. The van der Waals surface area contributed by atoms with Crippen LogP contribution in [0.3, 0.4) is 0 Å². The van der Waals surface area contributed by atoms with Crippen molar-refractivity contribution >= 4 is 5.82 Å². The van der Waals surface area contributed by atoms with Crippen molar-refractivity contribution in [2.24, 2.45) is 0 Å². The van der Waals surface area contributed by atoms with E-state index in [2.05, 4.69) is 28.1 Å². The van der Waals surface area contributed by atoms with Crippen LogP contribution in [0.1, 0.15) is 37.4 Å². The fourth-order valence-electron chi connectivity index (χ4n) is 1.87. The number of nitrogen functional groups attached to an aromatic ring is 1. The Hall–Kier alpha value is -2.42. The first-order valence-corrected chi connectivity index (χ1v) is 6.32. The molecule has 0 saturated carbocycles. The molecule has 0 amide bonds. The Labute approximate surface area is 111 Å². The van der Waals surface area contributed by atoms with Gasteiger partial charge in [-0.25, -0.2) is 9.97 Å². The van der Waals surface area contributed by atoms with Gasteiger partial charge in [0.2, 0.25) is 0 Å². The van der Waals surface area contributed by atoms with E-state index in [1.807, 2.05) is 0 Å². The molecule has 0 saturated heterocycles. The third-order valence-corrected chi connectivity index (χ3v) is 2.86. The molecule has 2 heterocycles. The molecule has 0 aromatic carbocycles. The molecular formula is C13H16N6. The van der Waals surface area contributed by atoms with Gasteiger partial charge in [0.1, 0.15) is 17.5 Å². The molecule has 2 N–H and O–H groups in total. The quantitative estimate of drug-likeness (QED) is 0.824. The molecule has 2 rings (SSSR count). The van der Waals surface area contributed by atoms with Gasteiger partial charge in [-0.05, 0) is 18.9 Å². The second kappa shape index (κ2) is 5.96. The minimum absolute atomic E-state index is 0.306. The number of anilines is 1. The zero-order chi connectivity index (χ0) is 13.7. The Morgan fingerprint density at radius 3 is 2.68 bits per heavy atom. The second-order valence-electron chi connectivity index (χ2n) is 4.24. The predicted molar refractivity (Wildman–Crippen MR) is 71.5 cm³/mol. The van der Waals surface area contributed by atoms with Crippen molar-refractivity contribution < 1.29 is 0 Å². The summed E-state index contributed by atoms with van der Waals surface area (Å²) in [6, 6.07) is 3.84. The van der Waals surface area contributed by atoms with E-state index < -0.39 is 0 Å². The molecule has 0 aliphatic heterocycles. The zero-order valence-electron chi connectivity index (χ0n) is 10.9. The maximum absolute atomic E-state index is 9.19. The molecule has 0 spiro atoms. The fraction of sp³-hybridized carbons (Fsp3) is 0.385. The van der Waals surface area contributed by atoms with Crippen molar-refractivity contribution in [2.75, 3.05) is 5.73 Å². The number of nitrogens with two attached hydrogens (primary N) is 1. The number of rotatable bonds is 5. The topological polar surface area (TPSA) is 93.4 Å². The van der Waals surface area contributed by atoms with Gasteiger partial charge in [-0.3, -0.25) is 0 Å². The van der Waals surface area contributed by atoms with Gasteiger partial charge in [-0.1, -0.05) is 19.8 Å². The van der Waals surface area contributed by atoms with Crippen LogP contribution in [-0.4, -0.2) is 19.7 Å². The van der Waals surface area contributed by atoms with E-state index in [9.17, 15) is 5.26 Å². The zero-order valence-corrected chi connectivity index (χ0v) is 10.9. The molecule has 0 aliphatic rings. The van der Waals surface area contributed by atoms with E-state index in [1.54, 1.807) is 18.5 Å². The summed E-state index contributed by atoms with van der Waals surface area (Å²) in [4.78, 5) is 8.19. The third-order valence-electron chi connectivity index (χ3n) is 2.86. The van der Waals surface area contributed by atoms with Crippen molar-refractivity contribution in [3.8, 4) is 12.0 Å². The lowest BCUT2D eigenvalue weighted by molar-refractivity contribution is 0.693. The average Bonchev–Trinajstić information content (AvgIpc) is 2.76. The molecule has 0 atom stereocenters. The fourth-order valence-corrected chi connectivity index (χ4v) is 1.87. The monoisotopic (exact) mass is 256 g/mol. The number of nitrogens with zero attached hydrogens (tertiary/aromatic N) is 5. The molecule has 0 bridgehead atoms. The molecular weight excluding hydrogens is 240 g/mol. The highest BCUT2D eigenvalue weighted by molar-refractivity contribution is 5.54. The first kappa shape index (κ1) is 13.0. The summed E-state index contributed by atoms with van der Waals surface area (Å²) in [6.45, 7) is 2.13. The van der Waals surface area contributed by atoms with E-state index in [1.165, 1.54) is 4.68 Å². The van der Waals surface area contributed by atoms with Crippen LogP contribution in [0.4, 0.5) is 5.82 Å². The Bertz CT molecular complexity index is 581. The first-order chi connectivity index (χ1) is 9.27. The van der Waals surface area contributed by atoms with Crippen LogP contribution in [0.15, 0.2) is 18.5 Å². The van der Waals surface area contributed by atoms with Gasteiger partial charge in [0.05, 0.1) is 5.69 Å². The van der Waals surface area contributed by atoms with Crippen LogP contribution in [-0.2, 0) is 6.42 Å².